The molecule has 1 N–H and O–H groups in total. The minimum absolute atomic E-state index is 0.0910. The number of nitrogens with zero attached hydrogens (tertiary/aromatic N) is 4. The number of benzene rings is 1. The molecule has 0 atom stereocenters. The highest BCUT2D eigenvalue weighted by molar-refractivity contribution is 5.91. The molecule has 0 aliphatic carbocycles. The Hall–Kier alpha value is -2.21. The minimum Gasteiger partial charge on any atom is -0.336 e. The Kier molecular flexibility index (Phi) is 4.71. The highest BCUT2D eigenvalue weighted by atomic mass is 16.2. The van der Waals surface area contributed by atoms with Gasteiger partial charge in [-0.3, -0.25) is 4.79 Å². The summed E-state index contributed by atoms with van der Waals surface area (Å²) in [5.41, 5.74) is 2.73. The summed E-state index contributed by atoms with van der Waals surface area (Å²) in [5, 5.41) is 11.6. The van der Waals surface area contributed by atoms with E-state index in [2.05, 4.69) is 34.7 Å². The van der Waals surface area contributed by atoms with E-state index in [0.717, 1.165) is 31.5 Å². The number of carbonyl (C=O) groups is 1. The van der Waals surface area contributed by atoms with Gasteiger partial charge in [-0.25, -0.2) is 4.68 Å². The molecule has 0 radical (unpaired) electrons. The van der Waals surface area contributed by atoms with Crippen LogP contribution in [0.15, 0.2) is 30.5 Å². The van der Waals surface area contributed by atoms with Gasteiger partial charge in [-0.05, 0) is 38.4 Å². The molecule has 1 amide bonds. The van der Waals surface area contributed by atoms with E-state index >= 15 is 0 Å². The van der Waals surface area contributed by atoms with E-state index < -0.39 is 0 Å². The Morgan fingerprint density at radius 2 is 2.17 bits per heavy atom. The van der Waals surface area contributed by atoms with Crippen molar-refractivity contribution in [3.8, 4) is 0 Å². The van der Waals surface area contributed by atoms with Crippen molar-refractivity contribution in [2.45, 2.75) is 32.4 Å². The summed E-state index contributed by atoms with van der Waals surface area (Å²) in [6, 6.07) is 8.53. The molecular formula is C17H23N5O. The standard InChI is InChI=1S/C17H23N5O/c1-13-4-3-5-14(10-13)11-21(2)17(23)16-12-22(20-19-16)15-6-8-18-9-7-15/h3-5,10,12,15,18H,6-9,11H2,1-2H3. The summed E-state index contributed by atoms with van der Waals surface area (Å²) >= 11 is 0. The highest BCUT2D eigenvalue weighted by Crippen LogP contribution is 2.17. The first-order chi connectivity index (χ1) is 11.1. The Balaban J connectivity index is 1.66. The van der Waals surface area contributed by atoms with Crippen LogP contribution >= 0.6 is 0 Å². The number of hydrogen-bond acceptors (Lipinski definition) is 4. The van der Waals surface area contributed by atoms with Crippen molar-refractivity contribution in [1.29, 1.82) is 0 Å². The van der Waals surface area contributed by atoms with E-state index in [4.69, 9.17) is 0 Å². The van der Waals surface area contributed by atoms with E-state index in [1.54, 1.807) is 18.1 Å². The van der Waals surface area contributed by atoms with Gasteiger partial charge in [0.1, 0.15) is 0 Å². The molecule has 0 spiro atoms. The van der Waals surface area contributed by atoms with Gasteiger partial charge in [0.25, 0.3) is 5.91 Å². The van der Waals surface area contributed by atoms with Gasteiger partial charge in [0, 0.05) is 13.6 Å². The summed E-state index contributed by atoms with van der Waals surface area (Å²) < 4.78 is 1.84. The van der Waals surface area contributed by atoms with Crippen LogP contribution in [0.4, 0.5) is 0 Å². The van der Waals surface area contributed by atoms with Gasteiger partial charge in [0.2, 0.25) is 0 Å². The monoisotopic (exact) mass is 313 g/mol. The Bertz CT molecular complexity index is 675. The molecule has 1 aromatic carbocycles. The molecule has 1 aromatic heterocycles. The van der Waals surface area contributed by atoms with Crippen LogP contribution in [0.3, 0.4) is 0 Å². The fourth-order valence-electron chi connectivity index (χ4n) is 2.98. The molecule has 1 aliphatic rings. The Labute approximate surface area is 136 Å². The summed E-state index contributed by atoms with van der Waals surface area (Å²) in [5.74, 6) is -0.0910. The molecule has 6 nitrogen and oxygen atoms in total. The van der Waals surface area contributed by atoms with E-state index in [1.807, 2.05) is 16.8 Å². The van der Waals surface area contributed by atoms with E-state index in [1.165, 1.54) is 5.56 Å². The molecule has 1 saturated heterocycles. The summed E-state index contributed by atoms with van der Waals surface area (Å²) in [4.78, 5) is 14.2. The predicted octanol–water partition coefficient (Wildman–Crippen LogP) is 1.78. The Morgan fingerprint density at radius 3 is 2.91 bits per heavy atom. The summed E-state index contributed by atoms with van der Waals surface area (Å²) in [6.45, 7) is 4.60. The molecule has 0 bridgehead atoms. The number of hydrogen-bond donors (Lipinski definition) is 1. The first-order valence-electron chi connectivity index (χ1n) is 8.07. The van der Waals surface area contributed by atoms with Crippen LogP contribution in [-0.2, 0) is 6.54 Å². The molecule has 1 aliphatic heterocycles. The molecule has 3 rings (SSSR count). The van der Waals surface area contributed by atoms with Crippen molar-refractivity contribution in [2.75, 3.05) is 20.1 Å². The number of aryl methyl sites for hydroxylation is 1. The maximum atomic E-state index is 12.5. The number of nitrogens with one attached hydrogen (secondary N) is 1. The SMILES string of the molecule is Cc1cccc(CN(C)C(=O)c2cn(C3CCNCC3)nn2)c1. The third-order valence-electron chi connectivity index (χ3n) is 4.26. The van der Waals surface area contributed by atoms with Crippen molar-refractivity contribution in [3.63, 3.8) is 0 Å². The quantitative estimate of drug-likeness (QED) is 0.934. The van der Waals surface area contributed by atoms with Crippen LogP contribution in [0.25, 0.3) is 0 Å². The zero-order valence-electron chi connectivity index (χ0n) is 13.7. The van der Waals surface area contributed by atoms with Crippen LogP contribution < -0.4 is 5.32 Å². The Morgan fingerprint density at radius 1 is 1.39 bits per heavy atom. The molecule has 6 heteroatoms. The smallest absolute Gasteiger partial charge is 0.276 e. The number of rotatable bonds is 4. The molecule has 0 saturated carbocycles. The fraction of sp³-hybridized carbons (Fsp3) is 0.471. The first kappa shape index (κ1) is 15.7. The molecule has 2 aromatic rings. The van der Waals surface area contributed by atoms with E-state index in [9.17, 15) is 4.79 Å². The second-order valence-corrected chi connectivity index (χ2v) is 6.22. The van der Waals surface area contributed by atoms with Crippen molar-refractivity contribution in [1.82, 2.24) is 25.2 Å². The van der Waals surface area contributed by atoms with Crippen LogP contribution in [-0.4, -0.2) is 45.9 Å². The average molecular weight is 313 g/mol. The predicted molar refractivity (Wildman–Crippen MR) is 88.1 cm³/mol. The third-order valence-corrected chi connectivity index (χ3v) is 4.26. The topological polar surface area (TPSA) is 63.1 Å². The van der Waals surface area contributed by atoms with Gasteiger partial charge in [-0.1, -0.05) is 35.0 Å². The van der Waals surface area contributed by atoms with Gasteiger partial charge >= 0.3 is 0 Å². The van der Waals surface area contributed by atoms with E-state index in [0.29, 0.717) is 18.3 Å². The lowest BCUT2D eigenvalue weighted by Gasteiger charge is -2.22. The minimum atomic E-state index is -0.0910. The molecule has 2 heterocycles. The lowest BCUT2D eigenvalue weighted by molar-refractivity contribution is 0.0779. The van der Waals surface area contributed by atoms with Crippen molar-refractivity contribution >= 4 is 5.91 Å². The first-order valence-corrected chi connectivity index (χ1v) is 8.07. The van der Waals surface area contributed by atoms with Gasteiger partial charge in [0.05, 0.1) is 12.2 Å². The number of carbonyl (C=O) groups excluding carboxylic acids is 1. The van der Waals surface area contributed by atoms with Crippen LogP contribution in [0.1, 0.15) is 40.5 Å². The molecule has 23 heavy (non-hydrogen) atoms. The fourth-order valence-corrected chi connectivity index (χ4v) is 2.98. The second kappa shape index (κ2) is 6.91. The van der Waals surface area contributed by atoms with Gasteiger partial charge in [-0.2, -0.15) is 0 Å². The van der Waals surface area contributed by atoms with Gasteiger partial charge in [0.15, 0.2) is 5.69 Å². The molecule has 0 unspecified atom stereocenters. The maximum Gasteiger partial charge on any atom is 0.276 e. The number of piperidine rings is 1. The van der Waals surface area contributed by atoms with Gasteiger partial charge < -0.3 is 10.2 Å². The van der Waals surface area contributed by atoms with Crippen LogP contribution in [0.2, 0.25) is 0 Å². The molecule has 122 valence electrons. The average Bonchev–Trinajstić information content (AvgIpc) is 3.05. The van der Waals surface area contributed by atoms with Crippen molar-refractivity contribution in [2.24, 2.45) is 0 Å². The zero-order chi connectivity index (χ0) is 16.2. The zero-order valence-corrected chi connectivity index (χ0v) is 13.7. The lowest BCUT2D eigenvalue weighted by atomic mass is 10.1. The molecular weight excluding hydrogens is 290 g/mol. The summed E-state index contributed by atoms with van der Waals surface area (Å²) in [7, 11) is 1.80. The maximum absolute atomic E-state index is 12.5. The highest BCUT2D eigenvalue weighted by Gasteiger charge is 2.20. The van der Waals surface area contributed by atoms with E-state index in [-0.39, 0.29) is 5.91 Å². The van der Waals surface area contributed by atoms with Crippen LogP contribution in [0.5, 0.6) is 0 Å². The normalized spacial score (nSPS) is 15.6. The summed E-state index contributed by atoms with van der Waals surface area (Å²) in [6.07, 6.45) is 3.83. The second-order valence-electron chi connectivity index (χ2n) is 6.22. The van der Waals surface area contributed by atoms with Gasteiger partial charge in [-0.15, -0.1) is 5.10 Å². The third kappa shape index (κ3) is 3.76. The van der Waals surface area contributed by atoms with Crippen molar-refractivity contribution < 1.29 is 4.79 Å². The number of aromatic nitrogens is 3. The lowest BCUT2D eigenvalue weighted by Crippen LogP contribution is -2.29. The van der Waals surface area contributed by atoms with Crippen molar-refractivity contribution in [3.05, 3.63) is 47.3 Å². The van der Waals surface area contributed by atoms with Crippen LogP contribution in [0, 0.1) is 6.92 Å². The number of amides is 1. The molecule has 1 fully saturated rings. The largest absolute Gasteiger partial charge is 0.336 e.